The van der Waals surface area contributed by atoms with Gasteiger partial charge < -0.3 is 9.64 Å². The van der Waals surface area contributed by atoms with Crippen LogP contribution in [0.25, 0.3) is 0 Å². The van der Waals surface area contributed by atoms with E-state index < -0.39 is 16.8 Å². The molecule has 1 amide bonds. The van der Waals surface area contributed by atoms with Crippen molar-refractivity contribution in [1.82, 2.24) is 4.90 Å². The van der Waals surface area contributed by atoms with Crippen molar-refractivity contribution in [1.29, 1.82) is 0 Å². The number of ether oxygens (including phenoxy) is 1. The molecule has 0 aromatic carbocycles. The van der Waals surface area contributed by atoms with E-state index in [1.54, 1.807) is 13.8 Å². The summed E-state index contributed by atoms with van der Waals surface area (Å²) in [5.41, 5.74) is 0.211. The molecule has 0 unspecified atom stereocenters. The zero-order valence-corrected chi connectivity index (χ0v) is 11.4. The van der Waals surface area contributed by atoms with E-state index in [0.29, 0.717) is 6.54 Å². The van der Waals surface area contributed by atoms with Gasteiger partial charge in [-0.25, -0.2) is 0 Å². The number of carbonyl (C=O) groups excluding carboxylic acids is 2. The third kappa shape index (κ3) is 4.02. The van der Waals surface area contributed by atoms with Gasteiger partial charge in [0.25, 0.3) is 5.91 Å². The van der Waals surface area contributed by atoms with Crippen molar-refractivity contribution in [3.8, 4) is 0 Å². The minimum absolute atomic E-state index is 0.101. The predicted octanol–water partition coefficient (Wildman–Crippen LogP) is 1.68. The van der Waals surface area contributed by atoms with Crippen LogP contribution < -0.4 is 0 Å². The van der Waals surface area contributed by atoms with Gasteiger partial charge in [0.15, 0.2) is 0 Å². The monoisotopic (exact) mass is 286 g/mol. The van der Waals surface area contributed by atoms with Gasteiger partial charge in [0.05, 0.1) is 17.1 Å². The van der Waals surface area contributed by atoms with Crippen molar-refractivity contribution in [2.75, 3.05) is 19.7 Å². The zero-order valence-electron chi connectivity index (χ0n) is 10.6. The fourth-order valence-corrected chi connectivity index (χ4v) is 2.10. The molecule has 8 heteroatoms. The van der Waals surface area contributed by atoms with Crippen molar-refractivity contribution >= 4 is 28.2 Å². The second kappa shape index (κ2) is 6.83. The van der Waals surface area contributed by atoms with Crippen LogP contribution in [0.5, 0.6) is 0 Å². The molecule has 0 saturated carbocycles. The average Bonchev–Trinajstić information content (AvgIpc) is 2.85. The lowest BCUT2D eigenvalue weighted by atomic mass is 10.3. The normalized spacial score (nSPS) is 10.0. The number of thiophene rings is 1. The number of rotatable bonds is 6. The summed E-state index contributed by atoms with van der Waals surface area (Å²) in [5, 5.41) is 11.9. The number of esters is 1. The highest BCUT2D eigenvalue weighted by Gasteiger charge is 2.21. The third-order valence-corrected chi connectivity index (χ3v) is 3.19. The van der Waals surface area contributed by atoms with Gasteiger partial charge in [-0.2, -0.15) is 0 Å². The van der Waals surface area contributed by atoms with E-state index in [1.165, 1.54) is 16.3 Å². The smallest absolute Gasteiger partial charge is 0.325 e. The number of amides is 1. The quantitative estimate of drug-likeness (QED) is 0.451. The van der Waals surface area contributed by atoms with Gasteiger partial charge in [-0.15, -0.1) is 0 Å². The molecule has 0 aliphatic rings. The zero-order chi connectivity index (χ0) is 14.4. The molecule has 1 aromatic heterocycles. The summed E-state index contributed by atoms with van der Waals surface area (Å²) < 4.78 is 4.77. The Labute approximate surface area is 113 Å². The van der Waals surface area contributed by atoms with Gasteiger partial charge in [0.2, 0.25) is 0 Å². The first-order valence-electron chi connectivity index (χ1n) is 5.67. The lowest BCUT2D eigenvalue weighted by molar-refractivity contribution is -0.380. The lowest BCUT2D eigenvalue weighted by Crippen LogP contribution is -2.36. The van der Waals surface area contributed by atoms with Crippen LogP contribution in [-0.2, 0) is 9.53 Å². The predicted molar refractivity (Wildman–Crippen MR) is 69.2 cm³/mol. The molecular weight excluding hydrogens is 272 g/mol. The first kappa shape index (κ1) is 15.1. The number of nitro groups is 1. The first-order valence-corrected chi connectivity index (χ1v) is 6.55. The van der Waals surface area contributed by atoms with E-state index in [9.17, 15) is 19.7 Å². The van der Waals surface area contributed by atoms with Crippen molar-refractivity contribution in [2.24, 2.45) is 0 Å². The molecule has 1 aromatic rings. The standard InChI is InChI=1S/C11H14N2O5S/c1-3-12(6-10(14)18-4-2)11(15)8-5-9(13(16)17)19-7-8/h5,7H,3-4,6H2,1-2H3. The summed E-state index contributed by atoms with van der Waals surface area (Å²) in [6.07, 6.45) is 0. The first-order chi connectivity index (χ1) is 8.99. The average molecular weight is 286 g/mol. The SMILES string of the molecule is CCOC(=O)CN(CC)C(=O)c1csc([N+](=O)[O-])c1. The van der Waals surface area contributed by atoms with Crippen molar-refractivity contribution in [3.63, 3.8) is 0 Å². The molecule has 1 heterocycles. The van der Waals surface area contributed by atoms with E-state index in [0.717, 1.165) is 11.3 Å². The van der Waals surface area contributed by atoms with E-state index in [1.807, 2.05) is 0 Å². The Balaban J connectivity index is 2.77. The molecule has 7 nitrogen and oxygen atoms in total. The summed E-state index contributed by atoms with van der Waals surface area (Å²) in [7, 11) is 0. The molecule has 104 valence electrons. The Morgan fingerprint density at radius 1 is 1.47 bits per heavy atom. The lowest BCUT2D eigenvalue weighted by Gasteiger charge is -2.18. The maximum Gasteiger partial charge on any atom is 0.325 e. The Hall–Kier alpha value is -1.96. The van der Waals surface area contributed by atoms with Crippen LogP contribution in [0, 0.1) is 10.1 Å². The minimum Gasteiger partial charge on any atom is -0.465 e. The van der Waals surface area contributed by atoms with Crippen LogP contribution in [0.15, 0.2) is 11.4 Å². The molecule has 0 spiro atoms. The van der Waals surface area contributed by atoms with Gasteiger partial charge in [0, 0.05) is 18.0 Å². The molecular formula is C11H14N2O5S. The largest absolute Gasteiger partial charge is 0.465 e. The number of hydrogen-bond acceptors (Lipinski definition) is 6. The molecule has 1 rings (SSSR count). The maximum atomic E-state index is 12.1. The minimum atomic E-state index is -0.553. The molecule has 19 heavy (non-hydrogen) atoms. The van der Waals surface area contributed by atoms with Crippen molar-refractivity contribution in [3.05, 3.63) is 27.1 Å². The number of hydrogen-bond donors (Lipinski definition) is 0. The van der Waals surface area contributed by atoms with E-state index in [-0.39, 0.29) is 23.7 Å². The molecule has 0 fully saturated rings. The molecule has 0 saturated heterocycles. The van der Waals surface area contributed by atoms with Gasteiger partial charge in [-0.3, -0.25) is 19.7 Å². The number of likely N-dealkylation sites (N-methyl/N-ethyl adjacent to an activating group) is 1. The summed E-state index contributed by atoms with van der Waals surface area (Å²) >= 11 is 0.880. The van der Waals surface area contributed by atoms with Crippen LogP contribution in [0.3, 0.4) is 0 Å². The fourth-order valence-electron chi connectivity index (χ4n) is 1.41. The Bertz CT molecular complexity index is 485. The van der Waals surface area contributed by atoms with E-state index in [2.05, 4.69) is 0 Å². The van der Waals surface area contributed by atoms with Gasteiger partial charge in [-0.1, -0.05) is 11.3 Å². The Morgan fingerprint density at radius 3 is 2.63 bits per heavy atom. The van der Waals surface area contributed by atoms with Crippen LogP contribution >= 0.6 is 11.3 Å². The summed E-state index contributed by atoms with van der Waals surface area (Å²) in [5.74, 6) is -0.915. The summed E-state index contributed by atoms with van der Waals surface area (Å²) in [4.78, 5) is 34.7. The number of nitrogens with zero attached hydrogens (tertiary/aromatic N) is 2. The van der Waals surface area contributed by atoms with Crippen molar-refractivity contribution < 1.29 is 19.2 Å². The van der Waals surface area contributed by atoms with Gasteiger partial charge in [-0.05, 0) is 13.8 Å². The van der Waals surface area contributed by atoms with Crippen LogP contribution in [0.2, 0.25) is 0 Å². The summed E-state index contributed by atoms with van der Waals surface area (Å²) in [6, 6.07) is 1.21. The highest BCUT2D eigenvalue weighted by molar-refractivity contribution is 7.13. The van der Waals surface area contributed by atoms with Crippen LogP contribution in [0.4, 0.5) is 5.00 Å². The molecule has 0 bridgehead atoms. The van der Waals surface area contributed by atoms with Crippen molar-refractivity contribution in [2.45, 2.75) is 13.8 Å². The fraction of sp³-hybridized carbons (Fsp3) is 0.455. The molecule has 0 atom stereocenters. The van der Waals surface area contributed by atoms with Gasteiger partial charge >= 0.3 is 11.0 Å². The molecule has 0 N–H and O–H groups in total. The molecule has 0 aliphatic carbocycles. The summed E-state index contributed by atoms with van der Waals surface area (Å²) in [6.45, 7) is 3.80. The highest BCUT2D eigenvalue weighted by Crippen LogP contribution is 2.23. The molecule has 0 radical (unpaired) electrons. The Morgan fingerprint density at radius 2 is 2.16 bits per heavy atom. The van der Waals surface area contributed by atoms with Gasteiger partial charge in [0.1, 0.15) is 6.54 Å². The second-order valence-electron chi connectivity index (χ2n) is 3.56. The van der Waals surface area contributed by atoms with Crippen LogP contribution in [0.1, 0.15) is 24.2 Å². The maximum absolute atomic E-state index is 12.1. The topological polar surface area (TPSA) is 89.8 Å². The molecule has 0 aliphatic heterocycles. The number of carbonyl (C=O) groups is 2. The van der Waals surface area contributed by atoms with Crippen LogP contribution in [-0.4, -0.2) is 41.4 Å². The Kier molecular flexibility index (Phi) is 5.43. The highest BCUT2D eigenvalue weighted by atomic mass is 32.1. The second-order valence-corrected chi connectivity index (χ2v) is 4.44. The van der Waals surface area contributed by atoms with E-state index >= 15 is 0 Å². The third-order valence-electron chi connectivity index (χ3n) is 2.31. The van der Waals surface area contributed by atoms with E-state index in [4.69, 9.17) is 4.74 Å².